The predicted molar refractivity (Wildman–Crippen MR) is 309 cm³/mol. The number of allylic oxidation sites excluding steroid dienone is 11. The molecule has 14 nitrogen and oxygen atoms in total. The van der Waals surface area contributed by atoms with E-state index in [0.29, 0.717) is 6.42 Å². The third-order valence-electron chi connectivity index (χ3n) is 14.6. The molecule has 446 valence electrons. The van der Waals surface area contributed by atoms with E-state index in [1.54, 1.807) is 6.08 Å². The normalized spacial score (nSPS) is 25.2. The lowest BCUT2D eigenvalue weighted by atomic mass is 9.97. The molecule has 77 heavy (non-hydrogen) atoms. The summed E-state index contributed by atoms with van der Waals surface area (Å²) in [4.78, 5) is 13.3. The summed E-state index contributed by atoms with van der Waals surface area (Å²) in [6.45, 7) is 2.68. The topological polar surface area (TPSA) is 228 Å². The van der Waals surface area contributed by atoms with Gasteiger partial charge in [-0.25, -0.2) is 0 Å². The average molecular weight is 1090 g/mol. The van der Waals surface area contributed by atoms with Crippen molar-refractivity contribution in [3.8, 4) is 0 Å². The first-order valence-corrected chi connectivity index (χ1v) is 30.7. The van der Waals surface area contributed by atoms with Crippen LogP contribution in [0.2, 0.25) is 0 Å². The number of carbonyl (C=O) groups is 1. The maximum Gasteiger partial charge on any atom is 0.220 e. The number of ether oxygens (including phenoxy) is 4. The van der Waals surface area contributed by atoms with E-state index < -0.39 is 86.8 Å². The zero-order chi connectivity index (χ0) is 56.0. The van der Waals surface area contributed by atoms with Gasteiger partial charge in [-0.3, -0.25) is 4.79 Å². The smallest absolute Gasteiger partial charge is 0.220 e. The Balaban J connectivity index is 1.77. The van der Waals surface area contributed by atoms with Crippen LogP contribution in [0.3, 0.4) is 0 Å². The van der Waals surface area contributed by atoms with Crippen molar-refractivity contribution in [1.29, 1.82) is 0 Å². The van der Waals surface area contributed by atoms with Gasteiger partial charge in [-0.1, -0.05) is 228 Å². The quantitative estimate of drug-likeness (QED) is 0.0204. The first-order chi connectivity index (χ1) is 37.6. The Hall–Kier alpha value is -2.57. The molecule has 0 bridgehead atoms. The molecule has 2 rings (SSSR count). The average Bonchev–Trinajstić information content (AvgIpc) is 3.44. The minimum Gasteiger partial charge on any atom is -0.394 e. The Bertz CT molecular complexity index is 1570. The van der Waals surface area contributed by atoms with Crippen LogP contribution in [0, 0.1) is 0 Å². The second kappa shape index (κ2) is 48.2. The fourth-order valence-electron chi connectivity index (χ4n) is 9.73. The van der Waals surface area contributed by atoms with Gasteiger partial charge in [0.2, 0.25) is 5.91 Å². The van der Waals surface area contributed by atoms with Crippen molar-refractivity contribution in [2.24, 2.45) is 0 Å². The lowest BCUT2D eigenvalue weighted by Crippen LogP contribution is -2.65. The fraction of sp³-hybridized carbons (Fsp3) is 0.794. The molecule has 2 aliphatic rings. The maximum atomic E-state index is 13.3. The van der Waals surface area contributed by atoms with Crippen LogP contribution in [0.5, 0.6) is 0 Å². The molecule has 0 aliphatic carbocycles. The van der Waals surface area contributed by atoms with Crippen molar-refractivity contribution in [1.82, 2.24) is 5.32 Å². The number of unbranched alkanes of at least 4 members (excludes halogenated alkanes) is 25. The van der Waals surface area contributed by atoms with Gasteiger partial charge in [-0.05, 0) is 64.2 Å². The molecule has 14 heteroatoms. The van der Waals surface area contributed by atoms with Gasteiger partial charge in [0, 0.05) is 6.42 Å². The van der Waals surface area contributed by atoms with Gasteiger partial charge in [0.25, 0.3) is 0 Å². The van der Waals surface area contributed by atoms with Crippen molar-refractivity contribution in [3.05, 3.63) is 72.9 Å². The highest BCUT2D eigenvalue weighted by Gasteiger charge is 2.51. The first-order valence-electron chi connectivity index (χ1n) is 30.7. The summed E-state index contributed by atoms with van der Waals surface area (Å²) >= 11 is 0. The van der Waals surface area contributed by atoms with Gasteiger partial charge in [0.15, 0.2) is 12.6 Å². The summed E-state index contributed by atoms with van der Waals surface area (Å²) in [6.07, 6.45) is 46.4. The number of nitrogens with one attached hydrogen (secondary N) is 1. The van der Waals surface area contributed by atoms with Gasteiger partial charge < -0.3 is 65.1 Å². The summed E-state index contributed by atoms with van der Waals surface area (Å²) in [5.74, 6) is -0.252. The third-order valence-corrected chi connectivity index (χ3v) is 14.6. The number of aliphatic hydroxyl groups excluding tert-OH is 8. The number of amides is 1. The maximum absolute atomic E-state index is 13.3. The predicted octanol–water partition coefficient (Wildman–Crippen LogP) is 10.7. The van der Waals surface area contributed by atoms with E-state index in [2.05, 4.69) is 79.9 Å². The second-order valence-corrected chi connectivity index (χ2v) is 21.5. The molecule has 0 aromatic rings. The lowest BCUT2D eigenvalue weighted by Gasteiger charge is -2.46. The van der Waals surface area contributed by atoms with E-state index in [1.165, 1.54) is 109 Å². The molecule has 12 atom stereocenters. The molecule has 2 heterocycles. The Morgan fingerprint density at radius 1 is 0.481 bits per heavy atom. The fourth-order valence-corrected chi connectivity index (χ4v) is 9.73. The lowest BCUT2D eigenvalue weighted by molar-refractivity contribution is -0.359. The van der Waals surface area contributed by atoms with E-state index in [9.17, 15) is 45.6 Å². The standard InChI is InChI=1S/C63H111NO13/c1-3-5-7-9-11-13-15-17-19-21-23-25-26-27-29-31-33-35-37-39-41-43-45-47-55(68)64-51(52(67)46-44-42-40-38-36-34-32-30-28-24-22-20-18-16-14-12-10-8-6-4-2)50-74-62-60(73)58(71)61(54(49-66)76-62)77-63-59(72)57(70)56(69)53(48-65)75-63/h5,7,11,13,17,19,23,25,27,29,44,46,51-54,56-63,65-67,69-73H,3-4,6,8-10,12,14-16,18,20-22,24,26,28,30-43,45,47-50H2,1-2H3,(H,64,68)/b7-5-,13-11-,19-17-,25-23-,29-27-,46-44+. The zero-order valence-corrected chi connectivity index (χ0v) is 47.9. The molecule has 0 aromatic heterocycles. The van der Waals surface area contributed by atoms with Crippen molar-refractivity contribution >= 4 is 5.91 Å². The molecule has 2 saturated heterocycles. The molecule has 2 fully saturated rings. The van der Waals surface area contributed by atoms with Crippen LogP contribution in [0.25, 0.3) is 0 Å². The van der Waals surface area contributed by atoms with Gasteiger partial charge >= 0.3 is 0 Å². The van der Waals surface area contributed by atoms with Crippen molar-refractivity contribution < 1.29 is 64.6 Å². The van der Waals surface area contributed by atoms with E-state index in [1.807, 2.05) is 6.08 Å². The minimum atomic E-state index is -1.79. The highest BCUT2D eigenvalue weighted by molar-refractivity contribution is 5.76. The van der Waals surface area contributed by atoms with Crippen molar-refractivity contribution in [2.45, 2.75) is 299 Å². The molecule has 0 radical (unpaired) electrons. The van der Waals surface area contributed by atoms with Crippen LogP contribution in [-0.4, -0.2) is 140 Å². The van der Waals surface area contributed by atoms with Crippen molar-refractivity contribution in [3.63, 3.8) is 0 Å². The molecule has 1 amide bonds. The summed E-state index contributed by atoms with van der Waals surface area (Å²) in [5, 5.41) is 87.2. The van der Waals surface area contributed by atoms with Gasteiger partial charge in [-0.15, -0.1) is 0 Å². The van der Waals surface area contributed by atoms with Crippen LogP contribution in [0.15, 0.2) is 72.9 Å². The Kier molecular flexibility index (Phi) is 44.1. The van der Waals surface area contributed by atoms with E-state index in [-0.39, 0.29) is 18.9 Å². The van der Waals surface area contributed by atoms with Crippen LogP contribution in [-0.2, 0) is 23.7 Å². The summed E-state index contributed by atoms with van der Waals surface area (Å²) < 4.78 is 22.8. The van der Waals surface area contributed by atoms with E-state index in [0.717, 1.165) is 89.9 Å². The van der Waals surface area contributed by atoms with Crippen LogP contribution < -0.4 is 5.32 Å². The molecule has 9 N–H and O–H groups in total. The van der Waals surface area contributed by atoms with Gasteiger partial charge in [0.1, 0.15) is 48.8 Å². The SMILES string of the molecule is CC/C=C\C/C=C\C/C=C\C/C=C\C/C=C\CCCCCCCCCC(=O)NC(COC1OC(CO)C(OC2OC(CO)C(O)C(O)C2O)C(O)C1O)C(O)/C=C/CCCCCCCCCCCCCCCCCCCC. The third kappa shape index (κ3) is 33.7. The molecule has 2 aliphatic heterocycles. The minimum absolute atomic E-state index is 0.252. The monoisotopic (exact) mass is 1090 g/mol. The first kappa shape index (κ1) is 70.5. The number of rotatable bonds is 48. The highest BCUT2D eigenvalue weighted by atomic mass is 16.7. The molecule has 0 spiro atoms. The largest absolute Gasteiger partial charge is 0.394 e. The van der Waals surface area contributed by atoms with Crippen LogP contribution in [0.4, 0.5) is 0 Å². The number of carbonyl (C=O) groups excluding carboxylic acids is 1. The highest BCUT2D eigenvalue weighted by Crippen LogP contribution is 2.30. The molecule has 0 aromatic carbocycles. The Morgan fingerprint density at radius 3 is 1.38 bits per heavy atom. The Labute approximate surface area is 466 Å². The number of hydrogen-bond acceptors (Lipinski definition) is 13. The number of aliphatic hydroxyl groups is 8. The summed E-state index contributed by atoms with van der Waals surface area (Å²) in [7, 11) is 0. The van der Waals surface area contributed by atoms with Crippen molar-refractivity contribution in [2.75, 3.05) is 19.8 Å². The van der Waals surface area contributed by atoms with Gasteiger partial charge in [-0.2, -0.15) is 0 Å². The number of hydrogen-bond donors (Lipinski definition) is 9. The van der Waals surface area contributed by atoms with Crippen LogP contribution >= 0.6 is 0 Å². The van der Waals surface area contributed by atoms with Gasteiger partial charge in [0.05, 0.1) is 32.0 Å². The summed E-state index contributed by atoms with van der Waals surface area (Å²) in [5.41, 5.74) is 0. The molecular formula is C63H111NO13. The van der Waals surface area contributed by atoms with E-state index in [4.69, 9.17) is 18.9 Å². The van der Waals surface area contributed by atoms with Crippen LogP contribution in [0.1, 0.15) is 226 Å². The zero-order valence-electron chi connectivity index (χ0n) is 47.9. The molecule has 12 unspecified atom stereocenters. The van der Waals surface area contributed by atoms with E-state index >= 15 is 0 Å². The molecular weight excluding hydrogens is 979 g/mol. The second-order valence-electron chi connectivity index (χ2n) is 21.5. The Morgan fingerprint density at radius 2 is 0.896 bits per heavy atom. The summed E-state index contributed by atoms with van der Waals surface area (Å²) in [6, 6.07) is -0.925. The molecule has 0 saturated carbocycles.